The summed E-state index contributed by atoms with van der Waals surface area (Å²) in [6.07, 6.45) is 0. The molecule has 0 bridgehead atoms. The molecule has 1 heterocycles. The molecule has 21 heavy (non-hydrogen) atoms. The third-order valence-corrected chi connectivity index (χ3v) is 4.83. The van der Waals surface area contributed by atoms with Crippen LogP contribution in [-0.2, 0) is 6.54 Å². The molecule has 0 aromatic heterocycles. The third-order valence-electron chi connectivity index (χ3n) is 3.63. The Morgan fingerprint density at radius 1 is 1.05 bits per heavy atom. The van der Waals surface area contributed by atoms with Gasteiger partial charge in [-0.25, -0.2) is 0 Å². The van der Waals surface area contributed by atoms with E-state index in [0.717, 1.165) is 24.7 Å². The van der Waals surface area contributed by atoms with Crippen molar-refractivity contribution in [3.05, 3.63) is 59.1 Å². The lowest BCUT2D eigenvalue weighted by atomic mass is 10.2. The number of anilines is 2. The van der Waals surface area contributed by atoms with Gasteiger partial charge in [0.1, 0.15) is 0 Å². The first-order valence-electron chi connectivity index (χ1n) is 7.22. The lowest BCUT2D eigenvalue weighted by molar-refractivity contribution is 0.859. The molecule has 4 heteroatoms. The Balaban J connectivity index is 1.64. The van der Waals surface area contributed by atoms with E-state index in [0.29, 0.717) is 0 Å². The number of hydrogen-bond acceptors (Lipinski definition) is 3. The molecule has 1 saturated heterocycles. The monoisotopic (exact) mass is 318 g/mol. The molecule has 0 spiro atoms. The first-order valence-corrected chi connectivity index (χ1v) is 8.75. The lowest BCUT2D eigenvalue weighted by Gasteiger charge is -2.28. The van der Waals surface area contributed by atoms with Crippen molar-refractivity contribution in [1.82, 2.24) is 0 Å². The number of halogens is 1. The van der Waals surface area contributed by atoms with Crippen molar-refractivity contribution in [2.45, 2.75) is 6.54 Å². The van der Waals surface area contributed by atoms with Gasteiger partial charge in [0.2, 0.25) is 0 Å². The van der Waals surface area contributed by atoms with Gasteiger partial charge in [-0.2, -0.15) is 11.8 Å². The zero-order valence-electron chi connectivity index (χ0n) is 11.9. The van der Waals surface area contributed by atoms with Crippen molar-refractivity contribution in [2.24, 2.45) is 0 Å². The topological polar surface area (TPSA) is 15.3 Å². The molecule has 3 rings (SSSR count). The van der Waals surface area contributed by atoms with Crippen molar-refractivity contribution < 1.29 is 0 Å². The van der Waals surface area contributed by atoms with Gasteiger partial charge >= 0.3 is 0 Å². The fraction of sp³-hybridized carbons (Fsp3) is 0.294. The second-order valence-corrected chi connectivity index (χ2v) is 6.79. The van der Waals surface area contributed by atoms with E-state index in [1.165, 1.54) is 28.4 Å². The molecule has 1 N–H and O–H groups in total. The normalized spacial score (nSPS) is 15.0. The van der Waals surface area contributed by atoms with Crippen LogP contribution in [0.5, 0.6) is 0 Å². The summed E-state index contributed by atoms with van der Waals surface area (Å²) in [4.78, 5) is 2.46. The van der Waals surface area contributed by atoms with Crippen molar-refractivity contribution in [1.29, 1.82) is 0 Å². The number of benzene rings is 2. The summed E-state index contributed by atoms with van der Waals surface area (Å²) >= 11 is 7.95. The van der Waals surface area contributed by atoms with E-state index in [-0.39, 0.29) is 0 Å². The van der Waals surface area contributed by atoms with Crippen LogP contribution in [0.3, 0.4) is 0 Å². The van der Waals surface area contributed by atoms with Gasteiger partial charge in [-0.1, -0.05) is 29.8 Å². The number of hydrogen-bond donors (Lipinski definition) is 1. The van der Waals surface area contributed by atoms with Crippen LogP contribution < -0.4 is 10.2 Å². The van der Waals surface area contributed by atoms with Gasteiger partial charge in [-0.3, -0.25) is 0 Å². The molecule has 0 unspecified atom stereocenters. The molecule has 2 aromatic rings. The van der Waals surface area contributed by atoms with E-state index in [9.17, 15) is 0 Å². The van der Waals surface area contributed by atoms with Gasteiger partial charge in [-0.15, -0.1) is 0 Å². The van der Waals surface area contributed by atoms with E-state index < -0.39 is 0 Å². The average molecular weight is 319 g/mol. The van der Waals surface area contributed by atoms with Crippen molar-refractivity contribution in [2.75, 3.05) is 34.8 Å². The van der Waals surface area contributed by atoms with Crippen molar-refractivity contribution in [3.8, 4) is 0 Å². The van der Waals surface area contributed by atoms with Gasteiger partial charge in [0.05, 0.1) is 0 Å². The SMILES string of the molecule is Clc1ccc(CNc2cccc(N3CCSCC3)c2)cc1. The minimum absolute atomic E-state index is 0.781. The number of rotatable bonds is 4. The molecule has 0 atom stereocenters. The van der Waals surface area contributed by atoms with Crippen LogP contribution in [0, 0.1) is 0 Å². The van der Waals surface area contributed by atoms with Crippen molar-refractivity contribution >= 4 is 34.7 Å². The summed E-state index contributed by atoms with van der Waals surface area (Å²) in [5.41, 5.74) is 3.72. The standard InChI is InChI=1S/C17H19ClN2S/c18-15-6-4-14(5-7-15)13-19-16-2-1-3-17(12-16)20-8-10-21-11-9-20/h1-7,12,19H,8-11,13H2. The Bertz CT molecular complexity index is 580. The third kappa shape index (κ3) is 4.08. The van der Waals surface area contributed by atoms with Crippen LogP contribution in [-0.4, -0.2) is 24.6 Å². The largest absolute Gasteiger partial charge is 0.381 e. The minimum atomic E-state index is 0.781. The van der Waals surface area contributed by atoms with Gasteiger partial charge in [0.15, 0.2) is 0 Å². The molecule has 0 saturated carbocycles. The maximum Gasteiger partial charge on any atom is 0.0406 e. The second kappa shape index (κ2) is 7.10. The molecule has 1 fully saturated rings. The number of thioether (sulfide) groups is 1. The molecule has 0 aliphatic carbocycles. The van der Waals surface area contributed by atoms with Gasteiger partial charge in [-0.05, 0) is 35.9 Å². The maximum absolute atomic E-state index is 5.91. The summed E-state index contributed by atoms with van der Waals surface area (Å²) in [5.74, 6) is 2.45. The second-order valence-electron chi connectivity index (χ2n) is 5.13. The van der Waals surface area contributed by atoms with E-state index in [2.05, 4.69) is 46.6 Å². The Hall–Kier alpha value is -1.32. The highest BCUT2D eigenvalue weighted by molar-refractivity contribution is 7.99. The number of nitrogens with one attached hydrogen (secondary N) is 1. The van der Waals surface area contributed by atoms with Crippen LogP contribution in [0.2, 0.25) is 5.02 Å². The predicted molar refractivity (Wildman–Crippen MR) is 94.8 cm³/mol. The quantitative estimate of drug-likeness (QED) is 0.893. The predicted octanol–water partition coefficient (Wildman–Crippen LogP) is 4.51. The zero-order chi connectivity index (χ0) is 14.5. The maximum atomic E-state index is 5.91. The molecule has 2 aromatic carbocycles. The first kappa shape index (κ1) is 14.6. The van der Waals surface area contributed by atoms with E-state index in [4.69, 9.17) is 11.6 Å². The Morgan fingerprint density at radius 2 is 1.81 bits per heavy atom. The molecular weight excluding hydrogens is 300 g/mol. The highest BCUT2D eigenvalue weighted by Crippen LogP contribution is 2.23. The number of nitrogens with zero attached hydrogens (tertiary/aromatic N) is 1. The fourth-order valence-corrected chi connectivity index (χ4v) is 3.47. The summed E-state index contributed by atoms with van der Waals surface area (Å²) in [6, 6.07) is 16.7. The summed E-state index contributed by atoms with van der Waals surface area (Å²) < 4.78 is 0. The molecule has 1 aliphatic rings. The van der Waals surface area contributed by atoms with Crippen molar-refractivity contribution in [3.63, 3.8) is 0 Å². The highest BCUT2D eigenvalue weighted by Gasteiger charge is 2.11. The van der Waals surface area contributed by atoms with Crippen LogP contribution in [0.4, 0.5) is 11.4 Å². The minimum Gasteiger partial charge on any atom is -0.381 e. The van der Waals surface area contributed by atoms with Gasteiger partial charge < -0.3 is 10.2 Å². The summed E-state index contributed by atoms with van der Waals surface area (Å²) in [7, 11) is 0. The van der Waals surface area contributed by atoms with Crippen LogP contribution in [0.25, 0.3) is 0 Å². The summed E-state index contributed by atoms with van der Waals surface area (Å²) in [5, 5.41) is 4.27. The molecule has 0 amide bonds. The molecular formula is C17H19ClN2S. The molecule has 2 nitrogen and oxygen atoms in total. The smallest absolute Gasteiger partial charge is 0.0406 e. The van der Waals surface area contributed by atoms with Gasteiger partial charge in [0.25, 0.3) is 0 Å². The van der Waals surface area contributed by atoms with E-state index in [1.54, 1.807) is 0 Å². The van der Waals surface area contributed by atoms with Crippen LogP contribution in [0.1, 0.15) is 5.56 Å². The Labute approximate surface area is 135 Å². The summed E-state index contributed by atoms with van der Waals surface area (Å²) in [6.45, 7) is 3.10. The lowest BCUT2D eigenvalue weighted by Crippen LogP contribution is -2.32. The molecule has 0 radical (unpaired) electrons. The first-order chi connectivity index (χ1) is 10.3. The Morgan fingerprint density at radius 3 is 2.57 bits per heavy atom. The Kier molecular flexibility index (Phi) is 4.94. The van der Waals surface area contributed by atoms with Crippen LogP contribution >= 0.6 is 23.4 Å². The van der Waals surface area contributed by atoms with E-state index in [1.807, 2.05) is 23.9 Å². The van der Waals surface area contributed by atoms with Gasteiger partial charge in [0, 0.05) is 47.5 Å². The molecule has 1 aliphatic heterocycles. The van der Waals surface area contributed by atoms with E-state index >= 15 is 0 Å². The zero-order valence-corrected chi connectivity index (χ0v) is 13.5. The fourth-order valence-electron chi connectivity index (χ4n) is 2.44. The van der Waals surface area contributed by atoms with Crippen LogP contribution in [0.15, 0.2) is 48.5 Å². The average Bonchev–Trinajstić information content (AvgIpc) is 2.55. The highest BCUT2D eigenvalue weighted by atomic mass is 35.5. The molecule has 110 valence electrons.